The van der Waals surface area contributed by atoms with Crippen LogP contribution in [0.5, 0.6) is 0 Å². The van der Waals surface area contributed by atoms with Crippen molar-refractivity contribution in [2.45, 2.75) is 25.0 Å². The lowest BCUT2D eigenvalue weighted by molar-refractivity contribution is -0.0364. The Balaban J connectivity index is 2.82. The van der Waals surface area contributed by atoms with Gasteiger partial charge in [0.05, 0.1) is 0 Å². The first-order chi connectivity index (χ1) is 8.54. The van der Waals surface area contributed by atoms with Gasteiger partial charge in [-0.1, -0.05) is 28.1 Å². The molecule has 0 radical (unpaired) electrons. The first-order valence-electron chi connectivity index (χ1n) is 5.32. The molecule has 0 aromatic heterocycles. The molecule has 4 nitrogen and oxygen atoms in total. The minimum Gasteiger partial charge on any atom is -0.366 e. The highest BCUT2D eigenvalue weighted by Crippen LogP contribution is 2.27. The number of halogens is 2. The van der Waals surface area contributed by atoms with E-state index < -0.39 is 17.7 Å². The topological polar surface area (TPSA) is 66.8 Å². The van der Waals surface area contributed by atoms with Gasteiger partial charge in [-0.3, -0.25) is 4.55 Å². The van der Waals surface area contributed by atoms with Crippen LogP contribution in [-0.2, 0) is 15.5 Å². The fourth-order valence-corrected chi connectivity index (χ4v) is 2.35. The maximum absolute atomic E-state index is 10.6. The quantitative estimate of drug-likeness (QED) is 0.447. The molecule has 0 heterocycles. The highest BCUT2D eigenvalue weighted by Gasteiger charge is 2.23. The molecule has 0 bridgehead atoms. The largest absolute Gasteiger partial charge is 0.366 e. The zero-order chi connectivity index (χ0) is 13.5. The number of aliphatic hydroxyl groups is 1. The van der Waals surface area contributed by atoms with Gasteiger partial charge in [0.1, 0.15) is 0 Å². The monoisotopic (exact) mass is 356 g/mol. The molecule has 3 atom stereocenters. The number of alkyl halides is 1. The molecule has 0 aliphatic heterocycles. The first-order valence-corrected chi connectivity index (χ1v) is 7.68. The molecule has 0 fully saturated rings. The van der Waals surface area contributed by atoms with Gasteiger partial charge in [-0.2, -0.15) is 4.21 Å². The van der Waals surface area contributed by atoms with Crippen molar-refractivity contribution < 1.29 is 18.1 Å². The predicted molar refractivity (Wildman–Crippen MR) is 74.7 cm³/mol. The van der Waals surface area contributed by atoms with Gasteiger partial charge in [0, 0.05) is 16.3 Å². The van der Waals surface area contributed by atoms with E-state index >= 15 is 0 Å². The van der Waals surface area contributed by atoms with Crippen molar-refractivity contribution >= 4 is 38.9 Å². The molecule has 0 amide bonds. The summed E-state index contributed by atoms with van der Waals surface area (Å²) in [5, 5.41) is 9.80. The Labute approximate surface area is 122 Å². The molecule has 1 aromatic carbocycles. The van der Waals surface area contributed by atoms with Crippen molar-refractivity contribution in [3.8, 4) is 0 Å². The maximum Gasteiger partial charge on any atom is 0.304 e. The van der Waals surface area contributed by atoms with Crippen molar-refractivity contribution in [1.82, 2.24) is 0 Å². The van der Waals surface area contributed by atoms with Gasteiger partial charge < -0.3 is 5.11 Å². The Hall–Kier alpha value is 0.0200. The van der Waals surface area contributed by atoms with Gasteiger partial charge in [0.15, 0.2) is 6.29 Å². The third-order valence-corrected chi connectivity index (χ3v) is 3.63. The summed E-state index contributed by atoms with van der Waals surface area (Å²) in [4.78, 5) is 0. The van der Waals surface area contributed by atoms with E-state index in [0.29, 0.717) is 18.7 Å². The summed E-state index contributed by atoms with van der Waals surface area (Å²) < 4.78 is 24.7. The number of rotatable bonds is 7. The van der Waals surface area contributed by atoms with Crippen LogP contribution < -0.4 is 0 Å². The van der Waals surface area contributed by atoms with E-state index in [9.17, 15) is 9.32 Å². The minimum absolute atomic E-state index is 0.382. The van der Waals surface area contributed by atoms with E-state index in [1.165, 1.54) is 0 Å². The Morgan fingerprint density at radius 3 is 2.50 bits per heavy atom. The van der Waals surface area contributed by atoms with E-state index in [1.54, 1.807) is 0 Å². The van der Waals surface area contributed by atoms with Crippen molar-refractivity contribution in [3.63, 3.8) is 0 Å². The summed E-state index contributed by atoms with van der Waals surface area (Å²) in [7, 11) is 0. The molecule has 2 N–H and O–H groups in total. The molecule has 1 aromatic rings. The van der Waals surface area contributed by atoms with E-state index in [0.717, 1.165) is 10.0 Å². The molecule has 0 aliphatic rings. The summed E-state index contributed by atoms with van der Waals surface area (Å²) in [6.45, 7) is 0. The summed E-state index contributed by atoms with van der Waals surface area (Å²) in [6, 6.07) is 7.34. The molecule has 0 saturated heterocycles. The normalized spacial score (nSPS) is 16.2. The third-order valence-electron chi connectivity index (χ3n) is 2.47. The third kappa shape index (κ3) is 5.34. The summed E-state index contributed by atoms with van der Waals surface area (Å²) in [6.07, 6.45) is -0.0789. The number of hydrogen-bond acceptors (Lipinski definition) is 3. The van der Waals surface area contributed by atoms with Gasteiger partial charge in [0.25, 0.3) is 0 Å². The van der Waals surface area contributed by atoms with Crippen LogP contribution in [0, 0.1) is 0 Å². The first kappa shape index (κ1) is 16.1. The van der Waals surface area contributed by atoms with Gasteiger partial charge >= 0.3 is 11.4 Å². The smallest absolute Gasteiger partial charge is 0.304 e. The number of aliphatic hydroxyl groups excluding tert-OH is 1. The Morgan fingerprint density at radius 1 is 1.39 bits per heavy atom. The van der Waals surface area contributed by atoms with Crippen molar-refractivity contribution in [3.05, 3.63) is 34.3 Å². The molecular weight excluding hydrogens is 344 g/mol. The van der Waals surface area contributed by atoms with Crippen LogP contribution in [0.1, 0.15) is 24.3 Å². The second kappa shape index (κ2) is 8.24. The van der Waals surface area contributed by atoms with E-state index in [1.807, 2.05) is 24.3 Å². The molecule has 102 valence electrons. The van der Waals surface area contributed by atoms with Crippen molar-refractivity contribution in [2.24, 2.45) is 0 Å². The zero-order valence-electron chi connectivity index (χ0n) is 9.46. The highest BCUT2D eigenvalue weighted by molar-refractivity contribution is 9.10. The molecule has 0 aliphatic carbocycles. The molecule has 7 heteroatoms. The molecular formula is C11H14BrClO4S. The minimum atomic E-state index is -2.49. The lowest BCUT2D eigenvalue weighted by Crippen LogP contribution is -2.23. The summed E-state index contributed by atoms with van der Waals surface area (Å²) in [5.74, 6) is 0.0788. The Morgan fingerprint density at radius 2 is 2.00 bits per heavy atom. The standard InChI is InChI=1S/C11H14BrClO4S/c12-9-5-3-8(4-6-9)10(2-1-7-13)11(14)17-18(15)16/h3-6,10-11,14H,1-2,7H2,(H,15,16). The van der Waals surface area contributed by atoms with Crippen LogP contribution in [0.25, 0.3) is 0 Å². The summed E-state index contributed by atoms with van der Waals surface area (Å²) >= 11 is 6.46. The number of benzene rings is 1. The van der Waals surface area contributed by atoms with Crippen LogP contribution in [-0.4, -0.2) is 26.0 Å². The Kier molecular flexibility index (Phi) is 7.36. The van der Waals surface area contributed by atoms with Gasteiger partial charge in [-0.25, -0.2) is 4.18 Å². The highest BCUT2D eigenvalue weighted by atomic mass is 79.9. The second-order valence-corrected chi connectivity index (χ2v) is 5.61. The predicted octanol–water partition coefficient (Wildman–Crippen LogP) is 3.02. The van der Waals surface area contributed by atoms with Crippen LogP contribution in [0.2, 0.25) is 0 Å². The lowest BCUT2D eigenvalue weighted by Gasteiger charge is -2.21. The van der Waals surface area contributed by atoms with Crippen LogP contribution >= 0.6 is 27.5 Å². The molecule has 0 saturated carbocycles. The van der Waals surface area contributed by atoms with E-state index in [2.05, 4.69) is 20.1 Å². The summed E-state index contributed by atoms with van der Waals surface area (Å²) in [5.41, 5.74) is 0.835. The maximum atomic E-state index is 10.6. The van der Waals surface area contributed by atoms with E-state index in [-0.39, 0.29) is 5.92 Å². The lowest BCUT2D eigenvalue weighted by atomic mass is 9.94. The van der Waals surface area contributed by atoms with Crippen LogP contribution in [0.4, 0.5) is 0 Å². The molecule has 3 unspecified atom stereocenters. The average Bonchev–Trinajstić information content (AvgIpc) is 2.31. The van der Waals surface area contributed by atoms with E-state index in [4.69, 9.17) is 16.2 Å². The van der Waals surface area contributed by atoms with Gasteiger partial charge in [-0.15, -0.1) is 11.6 Å². The second-order valence-electron chi connectivity index (χ2n) is 3.69. The molecule has 1 rings (SSSR count). The fraction of sp³-hybridized carbons (Fsp3) is 0.455. The van der Waals surface area contributed by atoms with Crippen molar-refractivity contribution in [1.29, 1.82) is 0 Å². The Bertz CT molecular complexity index is 387. The number of hydrogen-bond donors (Lipinski definition) is 2. The van der Waals surface area contributed by atoms with Crippen LogP contribution in [0.3, 0.4) is 0 Å². The van der Waals surface area contributed by atoms with Gasteiger partial charge in [0.2, 0.25) is 0 Å². The molecule has 0 spiro atoms. The zero-order valence-corrected chi connectivity index (χ0v) is 12.6. The van der Waals surface area contributed by atoms with Gasteiger partial charge in [-0.05, 0) is 30.5 Å². The fourth-order valence-electron chi connectivity index (χ4n) is 1.63. The SMILES string of the molecule is O=S(O)OC(O)C(CCCCl)c1ccc(Br)cc1. The molecule has 18 heavy (non-hydrogen) atoms. The van der Waals surface area contributed by atoms with Crippen LogP contribution in [0.15, 0.2) is 28.7 Å². The van der Waals surface area contributed by atoms with Crippen molar-refractivity contribution in [2.75, 3.05) is 5.88 Å². The average molecular weight is 358 g/mol.